The number of ether oxygens (including phenoxy) is 1. The van der Waals surface area contributed by atoms with Crippen LogP contribution in [0, 0.1) is 5.82 Å². The van der Waals surface area contributed by atoms with Crippen molar-refractivity contribution in [3.05, 3.63) is 118 Å². The summed E-state index contributed by atoms with van der Waals surface area (Å²) in [6.45, 7) is 0.678. The molecule has 0 saturated heterocycles. The number of carbonyl (C=O) groups excluding carboxylic acids is 1. The van der Waals surface area contributed by atoms with Crippen LogP contribution in [0.1, 0.15) is 34.5 Å². The quantitative estimate of drug-likeness (QED) is 0.277. The van der Waals surface area contributed by atoms with Crippen LogP contribution < -0.4 is 10.3 Å². The highest BCUT2D eigenvalue weighted by Gasteiger charge is 2.27. The van der Waals surface area contributed by atoms with Gasteiger partial charge in [-0.15, -0.1) is 0 Å². The highest BCUT2D eigenvalue weighted by Crippen LogP contribution is 2.31. The van der Waals surface area contributed by atoms with Crippen molar-refractivity contribution < 1.29 is 13.9 Å². The van der Waals surface area contributed by atoms with Gasteiger partial charge in [0.2, 0.25) is 0 Å². The van der Waals surface area contributed by atoms with Gasteiger partial charge in [0.05, 0.1) is 16.9 Å². The Labute approximate surface area is 212 Å². The van der Waals surface area contributed by atoms with Gasteiger partial charge in [-0.2, -0.15) is 0 Å². The van der Waals surface area contributed by atoms with Crippen LogP contribution in [-0.4, -0.2) is 20.1 Å². The average molecular weight is 494 g/mol. The van der Waals surface area contributed by atoms with Gasteiger partial charge < -0.3 is 4.74 Å². The van der Waals surface area contributed by atoms with E-state index in [1.165, 1.54) is 12.1 Å². The average Bonchev–Trinajstić information content (AvgIpc) is 3.22. The van der Waals surface area contributed by atoms with Crippen LogP contribution in [0.2, 0.25) is 0 Å². The number of hydrogen-bond acceptors (Lipinski definition) is 4. The summed E-state index contributed by atoms with van der Waals surface area (Å²) >= 11 is 0. The van der Waals surface area contributed by atoms with E-state index < -0.39 is 5.82 Å². The van der Waals surface area contributed by atoms with Crippen LogP contribution in [0.4, 0.5) is 4.39 Å². The highest BCUT2D eigenvalue weighted by molar-refractivity contribution is 5.98. The fourth-order valence-electron chi connectivity index (χ4n) is 5.03. The zero-order valence-electron chi connectivity index (χ0n) is 20.1. The molecule has 6 nitrogen and oxygen atoms in total. The molecule has 1 aliphatic heterocycles. The molecular formula is C30H24FN3O3. The summed E-state index contributed by atoms with van der Waals surface area (Å²) in [7, 11) is 0. The Morgan fingerprint density at radius 3 is 2.59 bits per heavy atom. The molecule has 6 rings (SSSR count). The number of Topliss-reactive ketones (excluding diaryl/α,β-unsaturated/α-hetero) is 1. The summed E-state index contributed by atoms with van der Waals surface area (Å²) in [5.41, 5.74) is 2.60. The number of para-hydroxylation sites is 2. The summed E-state index contributed by atoms with van der Waals surface area (Å²) < 4.78 is 24.4. The Hall–Kier alpha value is -4.52. The molecule has 0 amide bonds. The lowest BCUT2D eigenvalue weighted by molar-refractivity contribution is 0.0990. The van der Waals surface area contributed by atoms with Crippen molar-refractivity contribution in [1.29, 1.82) is 0 Å². The molecule has 1 aliphatic rings. The van der Waals surface area contributed by atoms with E-state index in [-0.39, 0.29) is 29.1 Å². The zero-order chi connectivity index (χ0) is 25.4. The molecular weight excluding hydrogens is 469 g/mol. The summed E-state index contributed by atoms with van der Waals surface area (Å²) in [5.74, 6) is -0.333. The van der Waals surface area contributed by atoms with Gasteiger partial charge in [-0.1, -0.05) is 36.4 Å². The van der Waals surface area contributed by atoms with Crippen LogP contribution in [0.3, 0.4) is 0 Å². The lowest BCUT2D eigenvalue weighted by Crippen LogP contribution is -2.24. The Morgan fingerprint density at radius 1 is 0.946 bits per heavy atom. The van der Waals surface area contributed by atoms with E-state index in [4.69, 9.17) is 4.74 Å². The van der Waals surface area contributed by atoms with Crippen LogP contribution in [0.25, 0.3) is 16.6 Å². The second kappa shape index (κ2) is 9.50. The molecule has 2 aromatic heterocycles. The van der Waals surface area contributed by atoms with Gasteiger partial charge in [0.1, 0.15) is 11.3 Å². The van der Waals surface area contributed by atoms with Gasteiger partial charge >= 0.3 is 0 Å². The maximum Gasteiger partial charge on any atom is 0.282 e. The largest absolute Gasteiger partial charge is 0.454 e. The summed E-state index contributed by atoms with van der Waals surface area (Å²) in [6.07, 6.45) is 4.07. The van der Waals surface area contributed by atoms with Crippen LogP contribution in [0.5, 0.6) is 11.5 Å². The molecule has 0 unspecified atom stereocenters. The zero-order valence-corrected chi connectivity index (χ0v) is 20.1. The van der Waals surface area contributed by atoms with Crippen LogP contribution in [0.15, 0.2) is 89.9 Å². The highest BCUT2D eigenvalue weighted by atomic mass is 19.1. The third-order valence-electron chi connectivity index (χ3n) is 6.75. The first kappa shape index (κ1) is 22.9. The number of fused-ring (bicyclic) bond motifs is 2. The number of halogens is 1. The molecule has 0 atom stereocenters. The minimum absolute atomic E-state index is 0.0558. The summed E-state index contributed by atoms with van der Waals surface area (Å²) in [4.78, 5) is 31.1. The number of benzene rings is 3. The van der Waals surface area contributed by atoms with Crippen molar-refractivity contribution in [3.8, 4) is 17.2 Å². The lowest BCUT2D eigenvalue weighted by Gasteiger charge is -2.19. The molecule has 7 heteroatoms. The Kier molecular flexibility index (Phi) is 5.88. The van der Waals surface area contributed by atoms with E-state index in [1.807, 2.05) is 59.3 Å². The second-order valence-electron chi connectivity index (χ2n) is 9.15. The first-order chi connectivity index (χ1) is 18.1. The third-order valence-corrected chi connectivity index (χ3v) is 6.75. The number of carbonyl (C=O) groups is 1. The van der Waals surface area contributed by atoms with E-state index in [2.05, 4.69) is 4.98 Å². The van der Waals surface area contributed by atoms with Crippen molar-refractivity contribution in [3.63, 3.8) is 0 Å². The van der Waals surface area contributed by atoms with E-state index in [0.29, 0.717) is 24.3 Å². The van der Waals surface area contributed by atoms with Gasteiger partial charge in [-0.05, 0) is 67.3 Å². The molecule has 3 heterocycles. The maximum absolute atomic E-state index is 15.0. The number of aromatic nitrogens is 3. The summed E-state index contributed by atoms with van der Waals surface area (Å²) in [6, 6.07) is 23.0. The first-order valence-electron chi connectivity index (χ1n) is 12.3. The number of nitrogens with zero attached hydrogens (tertiary/aromatic N) is 3. The number of hydrogen-bond donors (Lipinski definition) is 0. The first-order valence-corrected chi connectivity index (χ1v) is 12.3. The topological polar surface area (TPSA) is 66.1 Å². The Balaban J connectivity index is 1.29. The third kappa shape index (κ3) is 4.22. The second-order valence-corrected chi connectivity index (χ2v) is 9.15. The summed E-state index contributed by atoms with van der Waals surface area (Å²) in [5, 5.41) is 0.775. The van der Waals surface area contributed by atoms with Gasteiger partial charge in [0.15, 0.2) is 17.3 Å². The lowest BCUT2D eigenvalue weighted by atomic mass is 9.99. The maximum atomic E-state index is 15.0. The fraction of sp³-hybridized carbons (Fsp3) is 0.167. The van der Waals surface area contributed by atoms with E-state index in [0.717, 1.165) is 35.1 Å². The van der Waals surface area contributed by atoms with Crippen molar-refractivity contribution >= 4 is 16.7 Å². The molecule has 0 aliphatic carbocycles. The molecule has 3 aromatic carbocycles. The van der Waals surface area contributed by atoms with Crippen molar-refractivity contribution in [2.45, 2.75) is 32.2 Å². The predicted octanol–water partition coefficient (Wildman–Crippen LogP) is 5.88. The number of rotatable bonds is 6. The fourth-order valence-corrected chi connectivity index (χ4v) is 5.03. The number of ketones is 1. The molecule has 0 N–H and O–H groups in total. The van der Waals surface area contributed by atoms with E-state index in [9.17, 15) is 9.59 Å². The molecule has 0 radical (unpaired) electrons. The smallest absolute Gasteiger partial charge is 0.282 e. The Morgan fingerprint density at radius 2 is 1.76 bits per heavy atom. The molecule has 0 fully saturated rings. The molecule has 37 heavy (non-hydrogen) atoms. The van der Waals surface area contributed by atoms with Crippen LogP contribution >= 0.6 is 0 Å². The van der Waals surface area contributed by atoms with Crippen molar-refractivity contribution in [2.24, 2.45) is 0 Å². The predicted molar refractivity (Wildman–Crippen MR) is 139 cm³/mol. The van der Waals surface area contributed by atoms with Crippen molar-refractivity contribution in [2.75, 3.05) is 0 Å². The van der Waals surface area contributed by atoms with Gasteiger partial charge in [0.25, 0.3) is 5.56 Å². The molecule has 0 bridgehead atoms. The minimum Gasteiger partial charge on any atom is -0.454 e. The standard InChI is InChI=1S/C30H24FN3O3/c31-23-18-20(13-14-28(23)37-27-15-16-32-24-11-5-4-10-22(24)27)19-26(35)29-25-12-6-7-17-33(25)34(30(29)36)21-8-2-1-3-9-21/h1-5,8-11,13-16,18H,6-7,12,17,19H2. The van der Waals surface area contributed by atoms with Crippen molar-refractivity contribution in [1.82, 2.24) is 14.3 Å². The Bertz CT molecular complexity index is 1680. The molecule has 5 aromatic rings. The molecule has 0 spiro atoms. The monoisotopic (exact) mass is 493 g/mol. The van der Waals surface area contributed by atoms with E-state index in [1.54, 1.807) is 23.0 Å². The molecule has 184 valence electrons. The van der Waals surface area contributed by atoms with Gasteiger partial charge in [-0.25, -0.2) is 9.07 Å². The normalized spacial score (nSPS) is 12.9. The molecule has 0 saturated carbocycles. The minimum atomic E-state index is -0.577. The van der Waals surface area contributed by atoms with Gasteiger partial charge in [-0.3, -0.25) is 19.3 Å². The van der Waals surface area contributed by atoms with E-state index >= 15 is 4.39 Å². The van der Waals surface area contributed by atoms with Crippen LogP contribution in [-0.2, 0) is 19.4 Å². The SMILES string of the molecule is O=C(Cc1ccc(Oc2ccnc3ccccc23)c(F)c1)c1c2n(n(-c3ccccc3)c1=O)CCCC2. The van der Waals surface area contributed by atoms with Gasteiger partial charge in [0, 0.05) is 24.5 Å². The number of pyridine rings is 1.